The van der Waals surface area contributed by atoms with Crippen molar-refractivity contribution in [3.8, 4) is 0 Å². The van der Waals surface area contributed by atoms with E-state index < -0.39 is 0 Å². The highest BCUT2D eigenvalue weighted by Crippen LogP contribution is 2.21. The molecule has 1 aliphatic heterocycles. The quantitative estimate of drug-likeness (QED) is 0.780. The van der Waals surface area contributed by atoms with Gasteiger partial charge in [-0.15, -0.1) is 0 Å². The zero-order chi connectivity index (χ0) is 18.5. The van der Waals surface area contributed by atoms with E-state index in [2.05, 4.69) is 4.98 Å². The summed E-state index contributed by atoms with van der Waals surface area (Å²) in [6.07, 6.45) is 3.33. The number of ether oxygens (including phenoxy) is 1. The number of carbonyl (C=O) groups excluding carboxylic acids is 2. The molecule has 1 fully saturated rings. The van der Waals surface area contributed by atoms with E-state index in [-0.39, 0.29) is 24.5 Å². The van der Waals surface area contributed by atoms with Gasteiger partial charge in [0.2, 0.25) is 5.91 Å². The molecule has 0 bridgehead atoms. The predicted octanol–water partition coefficient (Wildman–Crippen LogP) is 2.52. The van der Waals surface area contributed by atoms with Crippen LogP contribution in [0.15, 0.2) is 48.8 Å². The molecule has 2 amide bonds. The molecule has 0 unspecified atom stereocenters. The molecule has 1 aliphatic rings. The van der Waals surface area contributed by atoms with Gasteiger partial charge in [-0.2, -0.15) is 0 Å². The van der Waals surface area contributed by atoms with Crippen LogP contribution in [-0.2, 0) is 20.9 Å². The van der Waals surface area contributed by atoms with Crippen molar-refractivity contribution in [3.05, 3.63) is 59.4 Å². The van der Waals surface area contributed by atoms with Crippen LogP contribution in [0, 0.1) is 0 Å². The summed E-state index contributed by atoms with van der Waals surface area (Å²) in [6.45, 7) is 2.94. The summed E-state index contributed by atoms with van der Waals surface area (Å²) in [5.41, 5.74) is 1.66. The Hall–Kier alpha value is -2.44. The topological polar surface area (TPSA) is 62.7 Å². The summed E-state index contributed by atoms with van der Waals surface area (Å²) in [6, 6.07) is 10.9. The van der Waals surface area contributed by atoms with Gasteiger partial charge in [0.1, 0.15) is 6.61 Å². The number of aromatic nitrogens is 1. The van der Waals surface area contributed by atoms with E-state index in [0.717, 1.165) is 11.3 Å². The number of rotatable bonds is 6. The fourth-order valence-electron chi connectivity index (χ4n) is 2.69. The van der Waals surface area contributed by atoms with Crippen LogP contribution in [0.3, 0.4) is 0 Å². The largest absolute Gasteiger partial charge is 0.365 e. The molecule has 2 heterocycles. The Bertz CT molecular complexity index is 761. The third-order valence-corrected chi connectivity index (χ3v) is 4.49. The van der Waals surface area contributed by atoms with Crippen LogP contribution in [0.5, 0.6) is 0 Å². The smallest absolute Gasteiger partial charge is 0.253 e. The Labute approximate surface area is 157 Å². The number of hydrogen-bond acceptors (Lipinski definition) is 4. The van der Waals surface area contributed by atoms with E-state index in [9.17, 15) is 9.59 Å². The number of pyridine rings is 1. The Balaban J connectivity index is 1.65. The molecule has 6 nitrogen and oxygen atoms in total. The standard InChI is InChI=1S/C19H20ClN3O3/c1-14(24)22-11-18(12-22)26-13-19(25)23(10-15-3-2-8-21-9-15)17-6-4-16(20)5-7-17/h2-9,18H,10-13H2,1H3. The minimum Gasteiger partial charge on any atom is -0.365 e. The van der Waals surface area contributed by atoms with Crippen LogP contribution in [0.2, 0.25) is 5.02 Å². The SMILES string of the molecule is CC(=O)N1CC(OCC(=O)N(Cc2cccnc2)c2ccc(Cl)cc2)C1. The first-order chi connectivity index (χ1) is 12.5. The van der Waals surface area contributed by atoms with Gasteiger partial charge in [-0.1, -0.05) is 17.7 Å². The number of nitrogens with zero attached hydrogens (tertiary/aromatic N) is 3. The molecule has 0 saturated carbocycles. The van der Waals surface area contributed by atoms with E-state index >= 15 is 0 Å². The van der Waals surface area contributed by atoms with Crippen molar-refractivity contribution in [2.75, 3.05) is 24.6 Å². The summed E-state index contributed by atoms with van der Waals surface area (Å²) in [5, 5.41) is 0.609. The Morgan fingerprint density at radius 1 is 1.27 bits per heavy atom. The number of hydrogen-bond donors (Lipinski definition) is 0. The Morgan fingerprint density at radius 2 is 2.00 bits per heavy atom. The lowest BCUT2D eigenvalue weighted by molar-refractivity contribution is -0.145. The maximum absolute atomic E-state index is 12.8. The van der Waals surface area contributed by atoms with Crippen LogP contribution < -0.4 is 4.90 Å². The molecule has 1 aromatic carbocycles. The van der Waals surface area contributed by atoms with Crippen molar-refractivity contribution in [2.45, 2.75) is 19.6 Å². The predicted molar refractivity (Wildman–Crippen MR) is 98.9 cm³/mol. The first-order valence-corrected chi connectivity index (χ1v) is 8.72. The van der Waals surface area contributed by atoms with Crippen molar-refractivity contribution in [2.24, 2.45) is 0 Å². The fourth-order valence-corrected chi connectivity index (χ4v) is 2.81. The van der Waals surface area contributed by atoms with Gasteiger partial charge >= 0.3 is 0 Å². The molecule has 0 aliphatic carbocycles. The van der Waals surface area contributed by atoms with Crippen LogP contribution >= 0.6 is 11.6 Å². The molecule has 0 spiro atoms. The highest BCUT2D eigenvalue weighted by molar-refractivity contribution is 6.30. The molecule has 1 saturated heterocycles. The molecular formula is C19H20ClN3O3. The monoisotopic (exact) mass is 373 g/mol. The van der Waals surface area contributed by atoms with Crippen LogP contribution in [0.1, 0.15) is 12.5 Å². The normalized spacial score (nSPS) is 14.0. The van der Waals surface area contributed by atoms with Crippen LogP contribution in [0.4, 0.5) is 5.69 Å². The number of amides is 2. The van der Waals surface area contributed by atoms with E-state index in [0.29, 0.717) is 24.7 Å². The molecule has 2 aromatic rings. The van der Waals surface area contributed by atoms with Gasteiger partial charge in [-0.25, -0.2) is 0 Å². The lowest BCUT2D eigenvalue weighted by Gasteiger charge is -2.38. The number of benzene rings is 1. The average Bonchev–Trinajstić information content (AvgIpc) is 2.59. The maximum Gasteiger partial charge on any atom is 0.253 e. The number of carbonyl (C=O) groups is 2. The minimum absolute atomic E-state index is 0.0237. The first-order valence-electron chi connectivity index (χ1n) is 8.35. The van der Waals surface area contributed by atoms with Crippen molar-refractivity contribution >= 4 is 29.1 Å². The van der Waals surface area contributed by atoms with Crippen molar-refractivity contribution in [1.29, 1.82) is 0 Å². The fraction of sp³-hybridized carbons (Fsp3) is 0.316. The van der Waals surface area contributed by atoms with Gasteiger partial charge in [-0.05, 0) is 35.9 Å². The molecular weight excluding hydrogens is 354 g/mol. The van der Waals surface area contributed by atoms with Crippen molar-refractivity contribution < 1.29 is 14.3 Å². The maximum atomic E-state index is 12.8. The van der Waals surface area contributed by atoms with E-state index in [1.54, 1.807) is 46.5 Å². The molecule has 3 rings (SSSR count). The molecule has 0 radical (unpaired) electrons. The third kappa shape index (κ3) is 4.59. The zero-order valence-corrected chi connectivity index (χ0v) is 15.2. The first kappa shape index (κ1) is 18.4. The van der Waals surface area contributed by atoms with Gasteiger partial charge in [0.05, 0.1) is 12.6 Å². The molecule has 1 aromatic heterocycles. The summed E-state index contributed by atoms with van der Waals surface area (Å²) in [4.78, 5) is 31.4. The van der Waals surface area contributed by atoms with E-state index in [4.69, 9.17) is 16.3 Å². The summed E-state index contributed by atoms with van der Waals surface area (Å²) in [5.74, 6) is -0.131. The van der Waals surface area contributed by atoms with E-state index in [1.807, 2.05) is 12.1 Å². The third-order valence-electron chi connectivity index (χ3n) is 4.24. The lowest BCUT2D eigenvalue weighted by atomic mass is 10.1. The number of likely N-dealkylation sites (tertiary alicyclic amines) is 1. The zero-order valence-electron chi connectivity index (χ0n) is 14.5. The van der Waals surface area contributed by atoms with Crippen molar-refractivity contribution in [1.82, 2.24) is 9.88 Å². The molecule has 0 atom stereocenters. The molecule has 136 valence electrons. The second-order valence-corrected chi connectivity index (χ2v) is 6.61. The minimum atomic E-state index is -0.155. The number of anilines is 1. The Kier molecular flexibility index (Phi) is 5.85. The summed E-state index contributed by atoms with van der Waals surface area (Å²) >= 11 is 5.95. The molecule has 26 heavy (non-hydrogen) atoms. The van der Waals surface area contributed by atoms with Gasteiger partial charge in [0.25, 0.3) is 5.91 Å². The van der Waals surface area contributed by atoms with Gasteiger partial charge < -0.3 is 14.5 Å². The summed E-state index contributed by atoms with van der Waals surface area (Å²) < 4.78 is 5.66. The van der Waals surface area contributed by atoms with Gasteiger partial charge in [0.15, 0.2) is 0 Å². The van der Waals surface area contributed by atoms with Gasteiger partial charge in [0, 0.05) is 43.1 Å². The highest BCUT2D eigenvalue weighted by Gasteiger charge is 2.30. The Morgan fingerprint density at radius 3 is 2.62 bits per heavy atom. The number of halogens is 1. The average molecular weight is 374 g/mol. The van der Waals surface area contributed by atoms with Crippen LogP contribution in [-0.4, -0.2) is 47.5 Å². The molecule has 7 heteroatoms. The van der Waals surface area contributed by atoms with E-state index in [1.165, 1.54) is 6.92 Å². The molecule has 0 N–H and O–H groups in total. The lowest BCUT2D eigenvalue weighted by Crippen LogP contribution is -2.54. The van der Waals surface area contributed by atoms with Crippen LogP contribution in [0.25, 0.3) is 0 Å². The van der Waals surface area contributed by atoms with Crippen molar-refractivity contribution in [3.63, 3.8) is 0 Å². The summed E-state index contributed by atoms with van der Waals surface area (Å²) in [7, 11) is 0. The second-order valence-electron chi connectivity index (χ2n) is 6.17. The second kappa shape index (κ2) is 8.29. The van der Waals surface area contributed by atoms with Gasteiger partial charge in [-0.3, -0.25) is 14.6 Å². The highest BCUT2D eigenvalue weighted by atomic mass is 35.5.